The normalized spacial score (nSPS) is 12.3. The summed E-state index contributed by atoms with van der Waals surface area (Å²) >= 11 is 0. The largest absolute Gasteiger partial charge is 0.247 e. The van der Waals surface area contributed by atoms with E-state index in [2.05, 4.69) is 91.9 Å². The van der Waals surface area contributed by atoms with Gasteiger partial charge in [0.1, 0.15) is 0 Å². The van der Waals surface area contributed by atoms with Gasteiger partial charge in [0, 0.05) is 11.1 Å². The van der Waals surface area contributed by atoms with Gasteiger partial charge in [0.25, 0.3) is 0 Å². The molecule has 130 valence electrons. The molecule has 0 saturated heterocycles. The number of fused-ring (bicyclic) bond motifs is 3. The summed E-state index contributed by atoms with van der Waals surface area (Å²) in [6.07, 6.45) is 2.12. The Kier molecular flexibility index (Phi) is 3.86. The molecule has 0 amide bonds. The SMILES string of the molecule is Cc1c(-c2ccccc2)nc2c(c1-c1ccccc1)CCc1ccccc1-2. The van der Waals surface area contributed by atoms with E-state index >= 15 is 0 Å². The summed E-state index contributed by atoms with van der Waals surface area (Å²) in [4.78, 5) is 5.21. The van der Waals surface area contributed by atoms with Crippen LogP contribution in [0.15, 0.2) is 84.9 Å². The molecule has 0 unspecified atom stereocenters. The number of aromatic nitrogens is 1. The highest BCUT2D eigenvalue weighted by Gasteiger charge is 2.24. The molecule has 1 aliphatic rings. The summed E-state index contributed by atoms with van der Waals surface area (Å²) in [5, 5.41) is 0. The van der Waals surface area contributed by atoms with Gasteiger partial charge in [-0.3, -0.25) is 0 Å². The smallest absolute Gasteiger partial charge is 0.0750 e. The minimum atomic E-state index is 1.04. The van der Waals surface area contributed by atoms with Crippen molar-refractivity contribution in [3.8, 4) is 33.6 Å². The molecule has 1 aliphatic carbocycles. The summed E-state index contributed by atoms with van der Waals surface area (Å²) in [5.74, 6) is 0. The summed E-state index contributed by atoms with van der Waals surface area (Å²) < 4.78 is 0. The number of hydrogen-bond donors (Lipinski definition) is 0. The Morgan fingerprint density at radius 1 is 0.630 bits per heavy atom. The second-order valence-electron chi connectivity index (χ2n) is 7.18. The van der Waals surface area contributed by atoms with Crippen molar-refractivity contribution in [2.75, 3.05) is 0 Å². The first-order chi connectivity index (χ1) is 13.3. The number of benzene rings is 3. The predicted octanol–water partition coefficient (Wildman–Crippen LogP) is 6.49. The van der Waals surface area contributed by atoms with E-state index in [1.165, 1.54) is 38.9 Å². The van der Waals surface area contributed by atoms with Gasteiger partial charge in [0.15, 0.2) is 0 Å². The van der Waals surface area contributed by atoms with Crippen molar-refractivity contribution in [1.82, 2.24) is 4.98 Å². The molecule has 0 spiro atoms. The van der Waals surface area contributed by atoms with Gasteiger partial charge in [-0.25, -0.2) is 4.98 Å². The Bertz CT molecular complexity index is 1110. The maximum Gasteiger partial charge on any atom is 0.0750 e. The van der Waals surface area contributed by atoms with Crippen molar-refractivity contribution in [2.45, 2.75) is 19.8 Å². The molecule has 4 aromatic rings. The van der Waals surface area contributed by atoms with Crippen LogP contribution in [0, 0.1) is 6.92 Å². The molecule has 3 aromatic carbocycles. The summed E-state index contributed by atoms with van der Waals surface area (Å²) in [6.45, 7) is 2.22. The minimum Gasteiger partial charge on any atom is -0.247 e. The van der Waals surface area contributed by atoms with E-state index in [1.807, 2.05) is 0 Å². The van der Waals surface area contributed by atoms with E-state index < -0.39 is 0 Å². The van der Waals surface area contributed by atoms with Gasteiger partial charge in [-0.05, 0) is 47.6 Å². The molecular weight excluding hydrogens is 326 g/mol. The van der Waals surface area contributed by atoms with Gasteiger partial charge in [0.2, 0.25) is 0 Å². The first-order valence-electron chi connectivity index (χ1n) is 9.55. The number of pyridine rings is 1. The Balaban J connectivity index is 1.86. The molecular formula is C26H21N. The van der Waals surface area contributed by atoms with Gasteiger partial charge in [0.05, 0.1) is 11.4 Å². The third kappa shape index (κ3) is 2.67. The zero-order valence-electron chi connectivity index (χ0n) is 15.4. The van der Waals surface area contributed by atoms with Crippen LogP contribution in [0.3, 0.4) is 0 Å². The highest BCUT2D eigenvalue weighted by Crippen LogP contribution is 2.42. The fourth-order valence-electron chi connectivity index (χ4n) is 4.29. The first-order valence-corrected chi connectivity index (χ1v) is 9.55. The van der Waals surface area contributed by atoms with E-state index in [0.29, 0.717) is 0 Å². The summed E-state index contributed by atoms with van der Waals surface area (Å²) in [7, 11) is 0. The van der Waals surface area contributed by atoms with Crippen molar-refractivity contribution in [2.24, 2.45) is 0 Å². The van der Waals surface area contributed by atoms with Crippen molar-refractivity contribution in [3.05, 3.63) is 102 Å². The van der Waals surface area contributed by atoms with Crippen LogP contribution in [0.2, 0.25) is 0 Å². The topological polar surface area (TPSA) is 12.9 Å². The highest BCUT2D eigenvalue weighted by atomic mass is 14.7. The Morgan fingerprint density at radius 3 is 2.00 bits per heavy atom. The van der Waals surface area contributed by atoms with Crippen LogP contribution in [0.1, 0.15) is 16.7 Å². The molecule has 1 heterocycles. The zero-order chi connectivity index (χ0) is 18.2. The van der Waals surface area contributed by atoms with E-state index in [0.717, 1.165) is 24.2 Å². The molecule has 1 nitrogen and oxygen atoms in total. The zero-order valence-corrected chi connectivity index (χ0v) is 15.4. The van der Waals surface area contributed by atoms with Gasteiger partial charge in [-0.1, -0.05) is 84.9 Å². The second kappa shape index (κ2) is 6.51. The highest BCUT2D eigenvalue weighted by molar-refractivity contribution is 5.86. The molecule has 0 radical (unpaired) electrons. The lowest BCUT2D eigenvalue weighted by Crippen LogP contribution is -2.10. The standard InChI is InChI=1S/C26H21N/c1-18-24(20-11-4-2-5-12-20)23-17-16-19-10-8-9-15-22(19)26(23)27-25(18)21-13-6-3-7-14-21/h2-15H,16-17H2,1H3. The average molecular weight is 347 g/mol. The van der Waals surface area contributed by atoms with Crippen molar-refractivity contribution in [3.63, 3.8) is 0 Å². The lowest BCUT2D eigenvalue weighted by atomic mass is 9.82. The van der Waals surface area contributed by atoms with Crippen LogP contribution in [-0.2, 0) is 12.8 Å². The maximum absolute atomic E-state index is 5.21. The van der Waals surface area contributed by atoms with E-state index in [-0.39, 0.29) is 0 Å². The molecule has 0 atom stereocenters. The van der Waals surface area contributed by atoms with Gasteiger partial charge in [-0.15, -0.1) is 0 Å². The van der Waals surface area contributed by atoms with E-state index in [1.54, 1.807) is 0 Å². The molecule has 0 fully saturated rings. The first kappa shape index (κ1) is 16.0. The van der Waals surface area contributed by atoms with Gasteiger partial charge in [-0.2, -0.15) is 0 Å². The van der Waals surface area contributed by atoms with Crippen LogP contribution in [-0.4, -0.2) is 4.98 Å². The summed E-state index contributed by atoms with van der Waals surface area (Å²) in [5.41, 5.74) is 11.4. The molecule has 0 bridgehead atoms. The van der Waals surface area contributed by atoms with Crippen LogP contribution in [0.5, 0.6) is 0 Å². The average Bonchev–Trinajstić information content (AvgIpc) is 2.74. The molecule has 27 heavy (non-hydrogen) atoms. The quantitative estimate of drug-likeness (QED) is 0.404. The van der Waals surface area contributed by atoms with Crippen LogP contribution >= 0.6 is 0 Å². The molecule has 0 saturated carbocycles. The van der Waals surface area contributed by atoms with Gasteiger partial charge < -0.3 is 0 Å². The number of rotatable bonds is 2. The fraction of sp³-hybridized carbons (Fsp3) is 0.115. The molecule has 1 heteroatoms. The van der Waals surface area contributed by atoms with E-state index in [4.69, 9.17) is 4.98 Å². The Morgan fingerprint density at radius 2 is 1.26 bits per heavy atom. The Labute approximate surface area is 160 Å². The second-order valence-corrected chi connectivity index (χ2v) is 7.18. The predicted molar refractivity (Wildman–Crippen MR) is 113 cm³/mol. The van der Waals surface area contributed by atoms with Crippen LogP contribution in [0.25, 0.3) is 33.6 Å². The Hall–Kier alpha value is -3.19. The number of aryl methyl sites for hydroxylation is 1. The van der Waals surface area contributed by atoms with Crippen molar-refractivity contribution in [1.29, 1.82) is 0 Å². The van der Waals surface area contributed by atoms with Gasteiger partial charge >= 0.3 is 0 Å². The van der Waals surface area contributed by atoms with Crippen LogP contribution in [0.4, 0.5) is 0 Å². The minimum absolute atomic E-state index is 1.04. The lowest BCUT2D eigenvalue weighted by molar-refractivity contribution is 0.927. The van der Waals surface area contributed by atoms with Crippen molar-refractivity contribution < 1.29 is 0 Å². The third-order valence-corrected chi connectivity index (χ3v) is 5.57. The third-order valence-electron chi connectivity index (χ3n) is 5.57. The lowest BCUT2D eigenvalue weighted by Gasteiger charge is -2.25. The van der Waals surface area contributed by atoms with Crippen LogP contribution < -0.4 is 0 Å². The maximum atomic E-state index is 5.21. The number of nitrogens with zero attached hydrogens (tertiary/aromatic N) is 1. The van der Waals surface area contributed by atoms with Crippen molar-refractivity contribution >= 4 is 0 Å². The van der Waals surface area contributed by atoms with E-state index in [9.17, 15) is 0 Å². The summed E-state index contributed by atoms with van der Waals surface area (Å²) in [6, 6.07) is 30.0. The number of hydrogen-bond acceptors (Lipinski definition) is 1. The molecule has 0 N–H and O–H groups in total. The molecule has 0 aliphatic heterocycles. The fourth-order valence-corrected chi connectivity index (χ4v) is 4.29. The molecule has 1 aromatic heterocycles. The molecule has 5 rings (SSSR count). The monoisotopic (exact) mass is 347 g/mol.